The Kier molecular flexibility index (Phi) is 6.88. The smallest absolute Gasteiger partial charge is 0.338 e. The molecular formula is C23H26N2O6S. The third-order valence-electron chi connectivity index (χ3n) is 5.08. The van der Waals surface area contributed by atoms with Gasteiger partial charge in [-0.2, -0.15) is 0 Å². The van der Waals surface area contributed by atoms with Crippen LogP contribution in [0.15, 0.2) is 58.6 Å². The zero-order valence-electron chi connectivity index (χ0n) is 18.4. The second kappa shape index (κ2) is 9.44. The Labute approximate surface area is 187 Å². The molecule has 2 aromatic rings. The van der Waals surface area contributed by atoms with Crippen LogP contribution in [0, 0.1) is 13.8 Å². The molecule has 2 N–H and O–H groups in total. The summed E-state index contributed by atoms with van der Waals surface area (Å²) in [7, 11) is -2.65. The fourth-order valence-electron chi connectivity index (χ4n) is 3.67. The third-order valence-corrected chi connectivity index (χ3v) is 6.88. The Morgan fingerprint density at radius 1 is 1.09 bits per heavy atom. The number of urea groups is 1. The standard InChI is InChI=1S/C23H26N2O6S/c1-5-31-17-9-7-16(8-10-17)21-20(22(26)30-4)18(24-23(27)25-21)13-32(28,29)19-11-6-14(2)12-15(19)3/h6-12,21H,5,13H2,1-4H3,(H2,24,25,27)/t21-/m1/s1. The topological polar surface area (TPSA) is 111 Å². The normalized spacial score (nSPS) is 16.2. The second-order valence-electron chi connectivity index (χ2n) is 7.45. The molecule has 1 heterocycles. The van der Waals surface area contributed by atoms with Gasteiger partial charge in [0.25, 0.3) is 0 Å². The van der Waals surface area contributed by atoms with E-state index < -0.39 is 33.6 Å². The van der Waals surface area contributed by atoms with Crippen LogP contribution < -0.4 is 15.4 Å². The van der Waals surface area contributed by atoms with Crippen molar-refractivity contribution in [2.75, 3.05) is 19.5 Å². The van der Waals surface area contributed by atoms with Gasteiger partial charge < -0.3 is 20.1 Å². The molecule has 2 amide bonds. The molecule has 0 unspecified atom stereocenters. The number of rotatable bonds is 7. The summed E-state index contributed by atoms with van der Waals surface area (Å²) in [6.45, 7) is 5.94. The largest absolute Gasteiger partial charge is 0.494 e. The van der Waals surface area contributed by atoms with Crippen molar-refractivity contribution in [2.45, 2.75) is 31.7 Å². The number of carbonyl (C=O) groups is 2. The van der Waals surface area contributed by atoms with Crippen molar-refractivity contribution in [1.82, 2.24) is 10.6 Å². The van der Waals surface area contributed by atoms with Gasteiger partial charge in [0.15, 0.2) is 9.84 Å². The highest BCUT2D eigenvalue weighted by molar-refractivity contribution is 7.91. The van der Waals surface area contributed by atoms with Crippen molar-refractivity contribution in [1.29, 1.82) is 0 Å². The second-order valence-corrected chi connectivity index (χ2v) is 9.40. The molecule has 0 bridgehead atoms. The fourth-order valence-corrected chi connectivity index (χ4v) is 5.26. The molecule has 1 aliphatic rings. The summed E-state index contributed by atoms with van der Waals surface area (Å²) in [5, 5.41) is 5.17. The van der Waals surface area contributed by atoms with Gasteiger partial charge in [0, 0.05) is 5.70 Å². The van der Waals surface area contributed by atoms with Crippen LogP contribution in [-0.4, -0.2) is 39.9 Å². The van der Waals surface area contributed by atoms with Crippen LogP contribution in [-0.2, 0) is 19.4 Å². The first-order valence-corrected chi connectivity index (χ1v) is 11.7. The minimum Gasteiger partial charge on any atom is -0.494 e. The van der Waals surface area contributed by atoms with E-state index in [1.807, 2.05) is 13.8 Å². The molecular weight excluding hydrogens is 432 g/mol. The molecule has 2 aromatic carbocycles. The highest BCUT2D eigenvalue weighted by atomic mass is 32.2. The van der Waals surface area contributed by atoms with Crippen LogP contribution in [0.1, 0.15) is 29.7 Å². The molecule has 1 atom stereocenters. The van der Waals surface area contributed by atoms with Crippen LogP contribution in [0.3, 0.4) is 0 Å². The summed E-state index contributed by atoms with van der Waals surface area (Å²) in [6, 6.07) is 10.4. The van der Waals surface area contributed by atoms with E-state index in [9.17, 15) is 18.0 Å². The average molecular weight is 459 g/mol. The van der Waals surface area contributed by atoms with E-state index in [0.717, 1.165) is 5.56 Å². The SMILES string of the molecule is CCOc1ccc([C@H]2NC(=O)NC(CS(=O)(=O)c3ccc(C)cc3C)=C2C(=O)OC)cc1. The van der Waals surface area contributed by atoms with Crippen LogP contribution in [0.2, 0.25) is 0 Å². The number of esters is 1. The molecule has 1 aliphatic heterocycles. The summed E-state index contributed by atoms with van der Waals surface area (Å²) in [4.78, 5) is 25.2. The Balaban J connectivity index is 2.07. The summed E-state index contributed by atoms with van der Waals surface area (Å²) in [5.41, 5.74) is 2.13. The minimum absolute atomic E-state index is 0.0144. The molecule has 0 aliphatic carbocycles. The molecule has 170 valence electrons. The first-order chi connectivity index (χ1) is 15.2. The molecule has 0 radical (unpaired) electrons. The van der Waals surface area contributed by atoms with Crippen LogP contribution in [0.5, 0.6) is 5.75 Å². The van der Waals surface area contributed by atoms with Crippen LogP contribution in [0.25, 0.3) is 0 Å². The first-order valence-electron chi connectivity index (χ1n) is 10.1. The van der Waals surface area contributed by atoms with Gasteiger partial charge in [-0.25, -0.2) is 18.0 Å². The highest BCUT2D eigenvalue weighted by Crippen LogP contribution is 2.30. The molecule has 0 spiro atoms. The minimum atomic E-state index is -3.85. The number of nitrogens with one attached hydrogen (secondary N) is 2. The van der Waals surface area contributed by atoms with E-state index in [1.165, 1.54) is 13.2 Å². The van der Waals surface area contributed by atoms with E-state index >= 15 is 0 Å². The van der Waals surface area contributed by atoms with Crippen molar-refractivity contribution in [3.63, 3.8) is 0 Å². The summed E-state index contributed by atoms with van der Waals surface area (Å²) in [5.74, 6) is -0.651. The fraction of sp³-hybridized carbons (Fsp3) is 0.304. The van der Waals surface area contributed by atoms with Crippen molar-refractivity contribution in [2.24, 2.45) is 0 Å². The van der Waals surface area contributed by atoms with Crippen molar-refractivity contribution >= 4 is 21.8 Å². The van der Waals surface area contributed by atoms with E-state index in [0.29, 0.717) is 23.5 Å². The lowest BCUT2D eigenvalue weighted by Gasteiger charge is -2.29. The molecule has 0 saturated heterocycles. The van der Waals surface area contributed by atoms with Crippen LogP contribution >= 0.6 is 0 Å². The molecule has 32 heavy (non-hydrogen) atoms. The number of sulfone groups is 1. The summed E-state index contributed by atoms with van der Waals surface area (Å²) >= 11 is 0. The maximum atomic E-state index is 13.2. The molecule has 0 fully saturated rings. The lowest BCUT2D eigenvalue weighted by Crippen LogP contribution is -2.47. The van der Waals surface area contributed by atoms with Gasteiger partial charge in [-0.15, -0.1) is 0 Å². The quantitative estimate of drug-likeness (QED) is 0.617. The maximum Gasteiger partial charge on any atom is 0.338 e. The third kappa shape index (κ3) is 4.94. The number of hydrogen-bond acceptors (Lipinski definition) is 6. The Bertz CT molecular complexity index is 1170. The molecule has 8 nitrogen and oxygen atoms in total. The van der Waals surface area contributed by atoms with Gasteiger partial charge in [-0.05, 0) is 50.1 Å². The van der Waals surface area contributed by atoms with Crippen LogP contribution in [0.4, 0.5) is 4.79 Å². The molecule has 3 rings (SSSR count). The number of benzene rings is 2. The number of methoxy groups -OCH3 is 1. The van der Waals surface area contributed by atoms with Gasteiger partial charge >= 0.3 is 12.0 Å². The van der Waals surface area contributed by atoms with Crippen molar-refractivity contribution < 1.29 is 27.5 Å². The number of ether oxygens (including phenoxy) is 2. The zero-order valence-corrected chi connectivity index (χ0v) is 19.2. The van der Waals surface area contributed by atoms with Crippen molar-refractivity contribution in [3.05, 3.63) is 70.4 Å². The van der Waals surface area contributed by atoms with Gasteiger partial charge in [0.2, 0.25) is 0 Å². The number of carbonyl (C=O) groups excluding carboxylic acids is 2. The maximum absolute atomic E-state index is 13.2. The monoisotopic (exact) mass is 458 g/mol. The Morgan fingerprint density at radius 2 is 1.78 bits per heavy atom. The summed E-state index contributed by atoms with van der Waals surface area (Å²) in [6.07, 6.45) is 0. The number of hydrogen-bond donors (Lipinski definition) is 2. The lowest BCUT2D eigenvalue weighted by molar-refractivity contribution is -0.136. The van der Waals surface area contributed by atoms with E-state index in [4.69, 9.17) is 9.47 Å². The first kappa shape index (κ1) is 23.3. The summed E-state index contributed by atoms with van der Waals surface area (Å²) < 4.78 is 36.7. The zero-order chi connectivity index (χ0) is 23.5. The van der Waals surface area contributed by atoms with Gasteiger partial charge in [0.05, 0.1) is 36.0 Å². The van der Waals surface area contributed by atoms with E-state index in [-0.39, 0.29) is 16.2 Å². The molecule has 0 aromatic heterocycles. The highest BCUT2D eigenvalue weighted by Gasteiger charge is 2.35. The number of aryl methyl sites for hydroxylation is 2. The van der Waals surface area contributed by atoms with Gasteiger partial charge in [-0.3, -0.25) is 0 Å². The van der Waals surface area contributed by atoms with Gasteiger partial charge in [0.1, 0.15) is 5.75 Å². The van der Waals surface area contributed by atoms with Crippen molar-refractivity contribution in [3.8, 4) is 5.75 Å². The lowest BCUT2D eigenvalue weighted by atomic mass is 9.95. The molecule has 0 saturated carbocycles. The number of amides is 2. The predicted molar refractivity (Wildman–Crippen MR) is 119 cm³/mol. The molecule has 9 heteroatoms. The van der Waals surface area contributed by atoms with E-state index in [2.05, 4.69) is 10.6 Å². The van der Waals surface area contributed by atoms with E-state index in [1.54, 1.807) is 43.3 Å². The predicted octanol–water partition coefficient (Wildman–Crippen LogP) is 2.96. The Morgan fingerprint density at radius 3 is 2.38 bits per heavy atom. The average Bonchev–Trinajstić information content (AvgIpc) is 2.73. The van der Waals surface area contributed by atoms with Gasteiger partial charge in [-0.1, -0.05) is 29.8 Å². The Hall–Kier alpha value is -3.33.